The van der Waals surface area contributed by atoms with Crippen LogP contribution in [0.1, 0.15) is 12.8 Å². The number of hydrogen-bond acceptors (Lipinski definition) is 4. The average Bonchev–Trinajstić information content (AvgIpc) is 3.16. The monoisotopic (exact) mass is 454 g/mol. The van der Waals surface area contributed by atoms with Gasteiger partial charge in [0.25, 0.3) is 0 Å². The van der Waals surface area contributed by atoms with Crippen molar-refractivity contribution in [3.63, 3.8) is 0 Å². The first-order chi connectivity index (χ1) is 16.6. The van der Waals surface area contributed by atoms with Crippen LogP contribution < -0.4 is 10.4 Å². The van der Waals surface area contributed by atoms with Crippen molar-refractivity contribution < 1.29 is 9.53 Å². The summed E-state index contributed by atoms with van der Waals surface area (Å²) in [7, 11) is 0. The van der Waals surface area contributed by atoms with E-state index in [1.165, 1.54) is 6.08 Å². The SMILES string of the molecule is C=CC(=O)N1CCC(Cn2c(=O)n(-c3ccc(Oc4ccccc4)cc3)c3cnccc32)CC1. The molecule has 34 heavy (non-hydrogen) atoms. The van der Waals surface area contributed by atoms with Gasteiger partial charge in [0, 0.05) is 25.8 Å². The first kappa shape index (κ1) is 21.7. The van der Waals surface area contributed by atoms with Gasteiger partial charge in [0.2, 0.25) is 5.91 Å². The van der Waals surface area contributed by atoms with Crippen LogP contribution in [0, 0.1) is 5.92 Å². The lowest BCUT2D eigenvalue weighted by Gasteiger charge is -2.31. The smallest absolute Gasteiger partial charge is 0.333 e. The van der Waals surface area contributed by atoms with Gasteiger partial charge < -0.3 is 9.64 Å². The fourth-order valence-electron chi connectivity index (χ4n) is 4.54. The number of hydrogen-bond donors (Lipinski definition) is 0. The third kappa shape index (κ3) is 4.24. The number of amides is 1. The molecule has 7 heteroatoms. The zero-order valence-corrected chi connectivity index (χ0v) is 18.8. The van der Waals surface area contributed by atoms with Crippen molar-refractivity contribution in [1.82, 2.24) is 19.0 Å². The molecule has 4 aromatic rings. The summed E-state index contributed by atoms with van der Waals surface area (Å²) in [6.07, 6.45) is 6.52. The molecule has 0 unspecified atom stereocenters. The minimum Gasteiger partial charge on any atom is -0.457 e. The van der Waals surface area contributed by atoms with Gasteiger partial charge in [-0.2, -0.15) is 0 Å². The van der Waals surface area contributed by atoms with Gasteiger partial charge in [0.05, 0.1) is 22.9 Å². The summed E-state index contributed by atoms with van der Waals surface area (Å²) < 4.78 is 9.42. The number of para-hydroxylation sites is 1. The van der Waals surface area contributed by atoms with Gasteiger partial charge in [0.15, 0.2) is 0 Å². The maximum atomic E-state index is 13.5. The average molecular weight is 455 g/mol. The molecule has 1 aliphatic rings. The number of piperidine rings is 1. The second-order valence-corrected chi connectivity index (χ2v) is 8.47. The molecule has 0 spiro atoms. The highest BCUT2D eigenvalue weighted by Crippen LogP contribution is 2.25. The third-order valence-electron chi connectivity index (χ3n) is 6.35. The Kier molecular flexibility index (Phi) is 5.99. The molecule has 5 rings (SSSR count). The maximum absolute atomic E-state index is 13.5. The third-order valence-corrected chi connectivity index (χ3v) is 6.35. The van der Waals surface area contributed by atoms with E-state index >= 15 is 0 Å². The second-order valence-electron chi connectivity index (χ2n) is 8.47. The van der Waals surface area contributed by atoms with Crippen molar-refractivity contribution in [3.05, 3.63) is 96.2 Å². The molecule has 0 saturated carbocycles. The van der Waals surface area contributed by atoms with Gasteiger partial charge in [-0.05, 0) is 67.3 Å². The number of likely N-dealkylation sites (tertiary alicyclic amines) is 1. The zero-order chi connectivity index (χ0) is 23.5. The number of nitrogens with zero attached hydrogens (tertiary/aromatic N) is 4. The molecule has 7 nitrogen and oxygen atoms in total. The number of ether oxygens (including phenoxy) is 1. The summed E-state index contributed by atoms with van der Waals surface area (Å²) >= 11 is 0. The van der Waals surface area contributed by atoms with Crippen molar-refractivity contribution in [2.45, 2.75) is 19.4 Å². The number of aromatic nitrogens is 3. The highest BCUT2D eigenvalue weighted by atomic mass is 16.5. The summed E-state index contributed by atoms with van der Waals surface area (Å²) in [4.78, 5) is 31.5. The first-order valence-corrected chi connectivity index (χ1v) is 11.4. The Balaban J connectivity index is 1.41. The largest absolute Gasteiger partial charge is 0.457 e. The fraction of sp³-hybridized carbons (Fsp3) is 0.222. The van der Waals surface area contributed by atoms with Gasteiger partial charge in [-0.15, -0.1) is 0 Å². The number of imidazole rings is 1. The van der Waals surface area contributed by atoms with Crippen molar-refractivity contribution >= 4 is 16.9 Å². The van der Waals surface area contributed by atoms with E-state index in [1.54, 1.807) is 17.0 Å². The lowest BCUT2D eigenvalue weighted by Crippen LogP contribution is -2.39. The number of fused-ring (bicyclic) bond motifs is 1. The Labute approximate surface area is 197 Å². The Bertz CT molecular complexity index is 1360. The summed E-state index contributed by atoms with van der Waals surface area (Å²) in [5, 5.41) is 0. The predicted octanol–water partition coefficient (Wildman–Crippen LogP) is 4.40. The molecular formula is C27H26N4O3. The van der Waals surface area contributed by atoms with Crippen molar-refractivity contribution in [3.8, 4) is 17.2 Å². The van der Waals surface area contributed by atoms with E-state index in [0.717, 1.165) is 35.3 Å². The van der Waals surface area contributed by atoms with E-state index in [4.69, 9.17) is 4.74 Å². The topological polar surface area (TPSA) is 69.4 Å². The molecule has 0 N–H and O–H groups in total. The van der Waals surface area contributed by atoms with Crippen molar-refractivity contribution in [1.29, 1.82) is 0 Å². The van der Waals surface area contributed by atoms with Gasteiger partial charge in [-0.1, -0.05) is 24.8 Å². The van der Waals surface area contributed by atoms with Crippen LogP contribution in [0.4, 0.5) is 0 Å². The van der Waals surface area contributed by atoms with E-state index in [-0.39, 0.29) is 11.6 Å². The Hall–Kier alpha value is -4.13. The zero-order valence-electron chi connectivity index (χ0n) is 18.8. The van der Waals surface area contributed by atoms with Crippen LogP contribution in [0.25, 0.3) is 16.7 Å². The summed E-state index contributed by atoms with van der Waals surface area (Å²) in [6.45, 7) is 5.56. The van der Waals surface area contributed by atoms with E-state index in [1.807, 2.05) is 70.1 Å². The van der Waals surface area contributed by atoms with Crippen LogP contribution in [0.5, 0.6) is 11.5 Å². The van der Waals surface area contributed by atoms with E-state index in [9.17, 15) is 9.59 Å². The molecule has 2 aromatic heterocycles. The molecule has 3 heterocycles. The molecule has 2 aromatic carbocycles. The number of rotatable bonds is 6. The van der Waals surface area contributed by atoms with Gasteiger partial charge in [-0.25, -0.2) is 4.79 Å². The lowest BCUT2D eigenvalue weighted by atomic mass is 9.96. The molecule has 0 aliphatic carbocycles. The predicted molar refractivity (Wildman–Crippen MR) is 131 cm³/mol. The van der Waals surface area contributed by atoms with E-state index in [0.29, 0.717) is 31.3 Å². The number of pyridine rings is 1. The Morgan fingerprint density at radius 3 is 2.41 bits per heavy atom. The molecule has 1 aliphatic heterocycles. The standard InChI is InChI=1S/C27H26N4O3/c1-2-26(32)29-16-13-20(14-17-29)19-30-24-12-15-28-18-25(24)31(27(30)33)21-8-10-23(11-9-21)34-22-6-4-3-5-7-22/h2-12,15,18,20H,1,13-14,16-17,19H2. The van der Waals surface area contributed by atoms with E-state index in [2.05, 4.69) is 11.6 Å². The van der Waals surface area contributed by atoms with Crippen LogP contribution in [0.2, 0.25) is 0 Å². The maximum Gasteiger partial charge on any atom is 0.333 e. The Morgan fingerprint density at radius 2 is 1.71 bits per heavy atom. The molecular weight excluding hydrogens is 428 g/mol. The van der Waals surface area contributed by atoms with Crippen molar-refractivity contribution in [2.75, 3.05) is 13.1 Å². The number of carbonyl (C=O) groups excluding carboxylic acids is 1. The van der Waals surface area contributed by atoms with Crippen molar-refractivity contribution in [2.24, 2.45) is 5.92 Å². The van der Waals surface area contributed by atoms with Gasteiger partial charge in [0.1, 0.15) is 11.5 Å². The highest BCUT2D eigenvalue weighted by molar-refractivity contribution is 5.87. The van der Waals surface area contributed by atoms with E-state index < -0.39 is 0 Å². The van der Waals surface area contributed by atoms with Crippen LogP contribution in [-0.4, -0.2) is 38.0 Å². The van der Waals surface area contributed by atoms with Crippen LogP contribution in [-0.2, 0) is 11.3 Å². The molecule has 172 valence electrons. The molecule has 0 bridgehead atoms. The summed E-state index contributed by atoms with van der Waals surface area (Å²) in [5.74, 6) is 1.75. The highest BCUT2D eigenvalue weighted by Gasteiger charge is 2.24. The Morgan fingerprint density at radius 1 is 1.00 bits per heavy atom. The summed E-state index contributed by atoms with van der Waals surface area (Å²) in [6, 6.07) is 19.0. The lowest BCUT2D eigenvalue weighted by molar-refractivity contribution is -0.127. The first-order valence-electron chi connectivity index (χ1n) is 11.4. The molecule has 0 atom stereocenters. The molecule has 1 amide bonds. The molecule has 0 radical (unpaired) electrons. The van der Waals surface area contributed by atoms with Crippen LogP contribution >= 0.6 is 0 Å². The number of benzene rings is 2. The summed E-state index contributed by atoms with van der Waals surface area (Å²) in [5.41, 5.74) is 2.29. The quantitative estimate of drug-likeness (QED) is 0.405. The number of carbonyl (C=O) groups is 1. The van der Waals surface area contributed by atoms with Crippen LogP contribution in [0.3, 0.4) is 0 Å². The second kappa shape index (κ2) is 9.39. The van der Waals surface area contributed by atoms with Gasteiger partial charge in [-0.3, -0.25) is 18.9 Å². The minimum absolute atomic E-state index is 0.0296. The molecule has 1 saturated heterocycles. The minimum atomic E-state index is -0.0932. The fourth-order valence-corrected chi connectivity index (χ4v) is 4.54. The normalized spacial score (nSPS) is 14.3. The van der Waals surface area contributed by atoms with Gasteiger partial charge >= 0.3 is 5.69 Å². The molecule has 1 fully saturated rings. The van der Waals surface area contributed by atoms with Crippen LogP contribution in [0.15, 0.2) is 90.5 Å².